The topological polar surface area (TPSA) is 94.6 Å². The van der Waals surface area contributed by atoms with Gasteiger partial charge in [-0.15, -0.1) is 0 Å². The number of hydrogen-bond donors (Lipinski definition) is 0. The minimum absolute atomic E-state index is 0.0929. The molecule has 1 atom stereocenters. The molecule has 4 rings (SSSR count). The van der Waals surface area contributed by atoms with Crippen LogP contribution in [0.2, 0.25) is 0 Å². The molecule has 0 N–H and O–H groups in total. The fraction of sp³-hybridized carbons (Fsp3) is 0.389. The predicted molar refractivity (Wildman–Crippen MR) is 104 cm³/mol. The number of sulfonamides is 1. The van der Waals surface area contributed by atoms with Gasteiger partial charge in [0.2, 0.25) is 15.9 Å². The zero-order valence-electron chi connectivity index (χ0n) is 15.6. The van der Waals surface area contributed by atoms with Crippen LogP contribution in [0.3, 0.4) is 0 Å². The van der Waals surface area contributed by atoms with Gasteiger partial charge in [-0.3, -0.25) is 4.68 Å². The quantitative estimate of drug-likeness (QED) is 0.623. The van der Waals surface area contributed by atoms with Crippen LogP contribution in [0.1, 0.15) is 12.8 Å². The van der Waals surface area contributed by atoms with Crippen LogP contribution < -0.4 is 4.74 Å². The molecule has 9 nitrogen and oxygen atoms in total. The number of rotatable bonds is 6. The Morgan fingerprint density at radius 1 is 1.36 bits per heavy atom. The average Bonchev–Trinajstić information content (AvgIpc) is 3.35. The summed E-state index contributed by atoms with van der Waals surface area (Å²) in [4.78, 5) is 4.64. The fourth-order valence-electron chi connectivity index (χ4n) is 3.39. The molecule has 148 valence electrons. The highest BCUT2D eigenvalue weighted by atomic mass is 32.2. The molecular formula is C18H22N6O3S. The Bertz CT molecular complexity index is 1100. The summed E-state index contributed by atoms with van der Waals surface area (Å²) in [5.41, 5.74) is 2.34. The summed E-state index contributed by atoms with van der Waals surface area (Å²) in [5, 5.41) is 9.48. The largest absolute Gasteiger partial charge is 0.476 e. The molecule has 0 aromatic carbocycles. The van der Waals surface area contributed by atoms with Crippen molar-refractivity contribution in [2.45, 2.75) is 12.8 Å². The molecule has 1 aliphatic heterocycles. The number of aryl methyl sites for hydroxylation is 1. The number of hydrogen-bond acceptors (Lipinski definition) is 6. The van der Waals surface area contributed by atoms with Gasteiger partial charge in [-0.1, -0.05) is 6.58 Å². The predicted octanol–water partition coefficient (Wildman–Crippen LogP) is 1.69. The molecule has 1 aliphatic rings. The molecule has 3 aromatic rings. The first-order chi connectivity index (χ1) is 13.5. The van der Waals surface area contributed by atoms with Crippen LogP contribution in [0.4, 0.5) is 0 Å². The van der Waals surface area contributed by atoms with E-state index in [0.29, 0.717) is 31.3 Å². The highest BCUT2D eigenvalue weighted by Gasteiger charge is 2.27. The third-order valence-corrected chi connectivity index (χ3v) is 6.34. The van der Waals surface area contributed by atoms with E-state index in [0.717, 1.165) is 29.3 Å². The van der Waals surface area contributed by atoms with Crippen LogP contribution >= 0.6 is 0 Å². The van der Waals surface area contributed by atoms with Gasteiger partial charge in [-0.2, -0.15) is 14.5 Å². The zero-order valence-corrected chi connectivity index (χ0v) is 16.4. The van der Waals surface area contributed by atoms with E-state index in [4.69, 9.17) is 4.74 Å². The number of fused-ring (bicyclic) bond motifs is 1. The van der Waals surface area contributed by atoms with Crippen molar-refractivity contribution in [3.63, 3.8) is 0 Å². The molecule has 0 spiro atoms. The molecule has 28 heavy (non-hydrogen) atoms. The molecule has 0 radical (unpaired) electrons. The van der Waals surface area contributed by atoms with Gasteiger partial charge in [-0.25, -0.2) is 17.9 Å². The molecule has 0 aliphatic carbocycles. The maximum atomic E-state index is 12.1. The van der Waals surface area contributed by atoms with Crippen molar-refractivity contribution < 1.29 is 13.2 Å². The van der Waals surface area contributed by atoms with E-state index in [1.165, 1.54) is 4.31 Å². The van der Waals surface area contributed by atoms with Crippen molar-refractivity contribution in [3.05, 3.63) is 42.8 Å². The highest BCUT2D eigenvalue weighted by molar-refractivity contribution is 7.92. The second-order valence-corrected chi connectivity index (χ2v) is 8.76. The molecule has 0 unspecified atom stereocenters. The smallest absolute Gasteiger partial charge is 0.240 e. The molecule has 10 heteroatoms. The third kappa shape index (κ3) is 3.65. The summed E-state index contributed by atoms with van der Waals surface area (Å²) in [7, 11) is -1.55. The second kappa shape index (κ2) is 7.36. The van der Waals surface area contributed by atoms with E-state index in [1.807, 2.05) is 25.5 Å². The van der Waals surface area contributed by atoms with Crippen molar-refractivity contribution in [2.75, 3.05) is 19.7 Å². The van der Waals surface area contributed by atoms with Crippen molar-refractivity contribution >= 4 is 15.5 Å². The average molecular weight is 402 g/mol. The van der Waals surface area contributed by atoms with Crippen LogP contribution in [0.15, 0.2) is 42.8 Å². The Morgan fingerprint density at radius 3 is 2.96 bits per heavy atom. The number of nitrogens with zero attached hydrogens (tertiary/aromatic N) is 6. The van der Waals surface area contributed by atoms with Crippen LogP contribution in [0.25, 0.3) is 16.8 Å². The van der Waals surface area contributed by atoms with Gasteiger partial charge < -0.3 is 4.74 Å². The first kappa shape index (κ1) is 18.6. The van der Waals surface area contributed by atoms with Gasteiger partial charge in [0, 0.05) is 43.2 Å². The Balaban J connectivity index is 1.54. The monoisotopic (exact) mass is 402 g/mol. The van der Waals surface area contributed by atoms with Gasteiger partial charge in [0.15, 0.2) is 0 Å². The lowest BCUT2D eigenvalue weighted by Gasteiger charge is -2.30. The summed E-state index contributed by atoms with van der Waals surface area (Å²) in [6, 6.07) is 1.84. The Morgan fingerprint density at radius 2 is 2.21 bits per heavy atom. The molecule has 1 saturated heterocycles. The first-order valence-corrected chi connectivity index (χ1v) is 10.6. The summed E-state index contributed by atoms with van der Waals surface area (Å²) in [5.74, 6) is 0.567. The van der Waals surface area contributed by atoms with E-state index in [9.17, 15) is 8.42 Å². The molecular weight excluding hydrogens is 380 g/mol. The van der Waals surface area contributed by atoms with Crippen molar-refractivity contribution in [1.82, 2.24) is 28.7 Å². The van der Waals surface area contributed by atoms with E-state index in [2.05, 4.69) is 21.8 Å². The molecule has 4 heterocycles. The third-order valence-electron chi connectivity index (χ3n) is 4.86. The van der Waals surface area contributed by atoms with Gasteiger partial charge in [0.25, 0.3) is 0 Å². The van der Waals surface area contributed by atoms with Gasteiger partial charge >= 0.3 is 0 Å². The van der Waals surface area contributed by atoms with Crippen LogP contribution in [-0.2, 0) is 17.1 Å². The van der Waals surface area contributed by atoms with Gasteiger partial charge in [0.1, 0.15) is 5.52 Å². The molecule has 1 fully saturated rings. The van der Waals surface area contributed by atoms with E-state index in [1.54, 1.807) is 21.6 Å². The van der Waals surface area contributed by atoms with Crippen molar-refractivity contribution in [2.24, 2.45) is 13.0 Å². The van der Waals surface area contributed by atoms with Crippen LogP contribution in [0, 0.1) is 5.92 Å². The van der Waals surface area contributed by atoms with E-state index < -0.39 is 10.0 Å². The number of ether oxygens (including phenoxy) is 1. The Hall–Kier alpha value is -2.72. The van der Waals surface area contributed by atoms with Gasteiger partial charge in [0.05, 0.1) is 30.9 Å². The minimum Gasteiger partial charge on any atom is -0.476 e. The van der Waals surface area contributed by atoms with Crippen LogP contribution in [0.5, 0.6) is 5.88 Å². The van der Waals surface area contributed by atoms with E-state index in [-0.39, 0.29) is 5.92 Å². The molecule has 0 amide bonds. The minimum atomic E-state index is -3.40. The highest BCUT2D eigenvalue weighted by Crippen LogP contribution is 2.26. The summed E-state index contributed by atoms with van der Waals surface area (Å²) in [6.45, 7) is 4.73. The van der Waals surface area contributed by atoms with Crippen molar-refractivity contribution in [3.8, 4) is 17.1 Å². The lowest BCUT2D eigenvalue weighted by atomic mass is 10.0. The Kier molecular flexibility index (Phi) is 4.90. The lowest BCUT2D eigenvalue weighted by molar-refractivity contribution is 0.178. The lowest BCUT2D eigenvalue weighted by Crippen LogP contribution is -2.40. The fourth-order valence-corrected chi connectivity index (χ4v) is 4.41. The normalized spacial score (nSPS) is 18.4. The summed E-state index contributed by atoms with van der Waals surface area (Å²) in [6.07, 6.45) is 8.84. The molecule has 3 aromatic heterocycles. The number of aromatic nitrogens is 5. The standard InChI is InChI=1S/C18H22N6O3S/c1-3-28(25,26)23-8-4-5-14(10-23)13-27-18-17-6-7-19-24(17)12-16(21-18)15-9-20-22(2)11-15/h3,6-7,9,11-12,14H,1,4-5,8,10,13H2,2H3/t14-/m0/s1. The Labute approximate surface area is 163 Å². The maximum Gasteiger partial charge on any atom is 0.240 e. The zero-order chi connectivity index (χ0) is 19.7. The van der Waals surface area contributed by atoms with Gasteiger partial charge in [-0.05, 0) is 18.9 Å². The summed E-state index contributed by atoms with van der Waals surface area (Å²) >= 11 is 0. The van der Waals surface area contributed by atoms with Crippen molar-refractivity contribution in [1.29, 1.82) is 0 Å². The van der Waals surface area contributed by atoms with E-state index >= 15 is 0 Å². The first-order valence-electron chi connectivity index (χ1n) is 9.05. The second-order valence-electron chi connectivity index (χ2n) is 6.88. The molecule has 0 saturated carbocycles. The molecule has 0 bridgehead atoms. The maximum absolute atomic E-state index is 12.1. The number of piperidine rings is 1. The summed E-state index contributed by atoms with van der Waals surface area (Å²) < 4.78 is 35.0. The SMILES string of the molecule is C=CS(=O)(=O)N1CCC[C@H](COc2nc(-c3cnn(C)c3)cn3nccc23)C1. The van der Waals surface area contributed by atoms with Crippen LogP contribution in [-0.4, -0.2) is 56.8 Å².